The summed E-state index contributed by atoms with van der Waals surface area (Å²) in [7, 11) is 0. The van der Waals surface area contributed by atoms with Gasteiger partial charge in [0.1, 0.15) is 0 Å². The van der Waals surface area contributed by atoms with E-state index in [1.807, 2.05) is 0 Å². The number of halogens is 3. The Morgan fingerprint density at radius 2 is 1.83 bits per heavy atom. The second-order valence-corrected chi connectivity index (χ2v) is 5.42. The molecular weight excluding hydrogens is 247 g/mol. The highest BCUT2D eigenvalue weighted by molar-refractivity contribution is 5.04. The van der Waals surface area contributed by atoms with Crippen molar-refractivity contribution in [1.29, 1.82) is 0 Å². The third kappa shape index (κ3) is 4.10. The molecule has 1 atom stereocenters. The summed E-state index contributed by atoms with van der Waals surface area (Å²) in [5.74, 6) is 0.342. The highest BCUT2D eigenvalue weighted by atomic mass is 19.4. The minimum absolute atomic E-state index is 0.0693. The van der Waals surface area contributed by atoms with Crippen molar-refractivity contribution in [2.75, 3.05) is 19.8 Å². The van der Waals surface area contributed by atoms with Gasteiger partial charge < -0.3 is 15.2 Å². The molecule has 0 aromatic rings. The summed E-state index contributed by atoms with van der Waals surface area (Å²) in [6, 6.07) is 0.406. The van der Waals surface area contributed by atoms with Crippen LogP contribution in [0.4, 0.5) is 13.2 Å². The molecule has 1 unspecified atom stereocenters. The smallest absolute Gasteiger partial charge is 0.391 e. The molecule has 18 heavy (non-hydrogen) atoms. The van der Waals surface area contributed by atoms with Gasteiger partial charge in [-0.15, -0.1) is 0 Å². The monoisotopic (exact) mass is 267 g/mol. The second kappa shape index (κ2) is 5.35. The fourth-order valence-electron chi connectivity index (χ4n) is 2.21. The summed E-state index contributed by atoms with van der Waals surface area (Å²) in [5, 5.41) is 12.9. The highest BCUT2D eigenvalue weighted by Crippen LogP contribution is 2.41. The first-order chi connectivity index (χ1) is 8.45. The van der Waals surface area contributed by atoms with Gasteiger partial charge in [-0.3, -0.25) is 0 Å². The number of aliphatic hydroxyl groups is 1. The first kappa shape index (κ1) is 14.1. The van der Waals surface area contributed by atoms with Gasteiger partial charge in [-0.05, 0) is 31.6 Å². The van der Waals surface area contributed by atoms with E-state index in [4.69, 9.17) is 4.74 Å². The fraction of sp³-hybridized carbons (Fsp3) is 1.00. The normalized spacial score (nSPS) is 24.0. The van der Waals surface area contributed by atoms with Crippen LogP contribution in [-0.2, 0) is 4.74 Å². The number of alkyl halides is 3. The molecule has 0 bridgehead atoms. The standard InChI is InChI=1S/C12H20F3NO2/c13-12(14,15)5-6-18-8-11(7-17,9-1-2-9)16-10-3-4-10/h9-10,16-17H,1-8H2. The van der Waals surface area contributed by atoms with Gasteiger partial charge in [0.05, 0.1) is 31.8 Å². The van der Waals surface area contributed by atoms with E-state index in [1.54, 1.807) is 0 Å². The quantitative estimate of drug-likeness (QED) is 0.659. The van der Waals surface area contributed by atoms with Crippen LogP contribution in [0.15, 0.2) is 0 Å². The highest BCUT2D eigenvalue weighted by Gasteiger charge is 2.47. The van der Waals surface area contributed by atoms with E-state index in [1.165, 1.54) is 0 Å². The van der Waals surface area contributed by atoms with Crippen LogP contribution in [0.3, 0.4) is 0 Å². The van der Waals surface area contributed by atoms with Crippen LogP contribution < -0.4 is 5.32 Å². The molecule has 0 amide bonds. The third-order valence-corrected chi connectivity index (χ3v) is 3.60. The minimum atomic E-state index is -4.18. The number of nitrogens with one attached hydrogen (secondary N) is 1. The molecule has 106 valence electrons. The topological polar surface area (TPSA) is 41.5 Å². The Kier molecular flexibility index (Phi) is 4.18. The Labute approximate surface area is 105 Å². The lowest BCUT2D eigenvalue weighted by molar-refractivity contribution is -0.147. The summed E-state index contributed by atoms with van der Waals surface area (Å²) < 4.78 is 41.2. The average Bonchev–Trinajstić information content (AvgIpc) is 3.13. The largest absolute Gasteiger partial charge is 0.394 e. The molecule has 3 nitrogen and oxygen atoms in total. The number of aliphatic hydroxyl groups excluding tert-OH is 1. The maximum atomic E-state index is 12.0. The molecule has 6 heteroatoms. The number of ether oxygens (including phenoxy) is 1. The molecule has 0 spiro atoms. The fourth-order valence-corrected chi connectivity index (χ4v) is 2.21. The van der Waals surface area contributed by atoms with Gasteiger partial charge in [-0.2, -0.15) is 13.2 Å². The van der Waals surface area contributed by atoms with E-state index >= 15 is 0 Å². The zero-order valence-corrected chi connectivity index (χ0v) is 10.3. The van der Waals surface area contributed by atoms with Crippen molar-refractivity contribution >= 4 is 0 Å². The molecule has 2 aliphatic rings. The summed E-state index contributed by atoms with van der Waals surface area (Å²) >= 11 is 0. The maximum Gasteiger partial charge on any atom is 0.391 e. The van der Waals surface area contributed by atoms with Gasteiger partial charge in [-0.1, -0.05) is 0 Å². The lowest BCUT2D eigenvalue weighted by atomic mass is 9.95. The van der Waals surface area contributed by atoms with Crippen molar-refractivity contribution in [3.63, 3.8) is 0 Å². The van der Waals surface area contributed by atoms with Gasteiger partial charge in [0.2, 0.25) is 0 Å². The van der Waals surface area contributed by atoms with Gasteiger partial charge >= 0.3 is 6.18 Å². The Morgan fingerprint density at radius 3 is 2.28 bits per heavy atom. The van der Waals surface area contributed by atoms with E-state index in [0.29, 0.717) is 12.0 Å². The predicted molar refractivity (Wildman–Crippen MR) is 60.2 cm³/mol. The van der Waals surface area contributed by atoms with Crippen LogP contribution in [0.5, 0.6) is 0 Å². The predicted octanol–water partition coefficient (Wildman–Crippen LogP) is 1.85. The van der Waals surface area contributed by atoms with E-state index in [2.05, 4.69) is 5.32 Å². The average molecular weight is 267 g/mol. The van der Waals surface area contributed by atoms with Gasteiger partial charge in [-0.25, -0.2) is 0 Å². The molecule has 2 aliphatic carbocycles. The van der Waals surface area contributed by atoms with Crippen molar-refractivity contribution in [3.05, 3.63) is 0 Å². The number of rotatable bonds is 8. The second-order valence-electron chi connectivity index (χ2n) is 5.42. The van der Waals surface area contributed by atoms with E-state index < -0.39 is 18.1 Å². The van der Waals surface area contributed by atoms with Crippen LogP contribution in [0.2, 0.25) is 0 Å². The first-order valence-corrected chi connectivity index (χ1v) is 6.48. The Balaban J connectivity index is 1.77. The van der Waals surface area contributed by atoms with Gasteiger partial charge in [0, 0.05) is 6.04 Å². The van der Waals surface area contributed by atoms with Crippen LogP contribution in [0, 0.1) is 5.92 Å². The zero-order valence-electron chi connectivity index (χ0n) is 10.3. The minimum Gasteiger partial charge on any atom is -0.394 e. The van der Waals surface area contributed by atoms with Crippen molar-refractivity contribution in [2.45, 2.75) is 49.9 Å². The van der Waals surface area contributed by atoms with E-state index in [0.717, 1.165) is 25.7 Å². The number of hydrogen-bond donors (Lipinski definition) is 2. The molecule has 0 heterocycles. The first-order valence-electron chi connectivity index (χ1n) is 6.48. The molecule has 2 rings (SSSR count). The van der Waals surface area contributed by atoms with Gasteiger partial charge in [0.15, 0.2) is 0 Å². The van der Waals surface area contributed by atoms with Gasteiger partial charge in [0.25, 0.3) is 0 Å². The lowest BCUT2D eigenvalue weighted by Gasteiger charge is -2.33. The van der Waals surface area contributed by atoms with Crippen LogP contribution >= 0.6 is 0 Å². The molecule has 2 saturated carbocycles. The number of hydrogen-bond acceptors (Lipinski definition) is 3. The summed E-state index contributed by atoms with van der Waals surface area (Å²) in [6.07, 6.45) is -0.909. The SMILES string of the molecule is OCC(COCCC(F)(F)F)(NC1CC1)C1CC1. The summed E-state index contributed by atoms with van der Waals surface area (Å²) in [5.41, 5.74) is -0.521. The van der Waals surface area contributed by atoms with Crippen LogP contribution in [0.25, 0.3) is 0 Å². The molecule has 2 fully saturated rings. The molecule has 0 aromatic carbocycles. The maximum absolute atomic E-state index is 12.0. The molecule has 0 radical (unpaired) electrons. The van der Waals surface area contributed by atoms with Crippen molar-refractivity contribution in [1.82, 2.24) is 5.32 Å². The molecule has 2 N–H and O–H groups in total. The van der Waals surface area contributed by atoms with E-state index in [9.17, 15) is 18.3 Å². The molecule has 0 saturated heterocycles. The Hall–Kier alpha value is -0.330. The molecule has 0 aliphatic heterocycles. The zero-order chi connectivity index (χ0) is 13.2. The molecule has 0 aromatic heterocycles. The third-order valence-electron chi connectivity index (χ3n) is 3.60. The van der Waals surface area contributed by atoms with Crippen LogP contribution in [-0.4, -0.2) is 42.7 Å². The van der Waals surface area contributed by atoms with Crippen molar-refractivity contribution < 1.29 is 23.0 Å². The van der Waals surface area contributed by atoms with Crippen molar-refractivity contribution in [2.24, 2.45) is 5.92 Å². The van der Waals surface area contributed by atoms with Crippen LogP contribution in [0.1, 0.15) is 32.1 Å². The Morgan fingerprint density at radius 1 is 1.17 bits per heavy atom. The summed E-state index contributed by atoms with van der Waals surface area (Å²) in [4.78, 5) is 0. The van der Waals surface area contributed by atoms with E-state index in [-0.39, 0.29) is 19.8 Å². The molecular formula is C12H20F3NO2. The van der Waals surface area contributed by atoms with Crippen molar-refractivity contribution in [3.8, 4) is 0 Å². The summed E-state index contributed by atoms with van der Waals surface area (Å²) in [6.45, 7) is -0.231. The Bertz CT molecular complexity index is 277. The lowest BCUT2D eigenvalue weighted by Crippen LogP contribution is -2.55.